The Morgan fingerprint density at radius 2 is 1.88 bits per heavy atom. The van der Waals surface area contributed by atoms with E-state index in [-0.39, 0.29) is 10.8 Å². The summed E-state index contributed by atoms with van der Waals surface area (Å²) >= 11 is 0. The summed E-state index contributed by atoms with van der Waals surface area (Å²) in [6.07, 6.45) is 10.1. The van der Waals surface area contributed by atoms with Crippen LogP contribution in [0.4, 0.5) is 0 Å². The maximum absolute atomic E-state index is 11.1. The molecule has 3 nitrogen and oxygen atoms in total. The maximum atomic E-state index is 11.1. The molecule has 3 fully saturated rings. The third-order valence-corrected chi connectivity index (χ3v) is 9.23. The van der Waals surface area contributed by atoms with Gasteiger partial charge in [0.15, 0.2) is 5.76 Å². The number of aliphatic hydroxyl groups is 1. The highest BCUT2D eigenvalue weighted by molar-refractivity contribution is 5.69. The second kappa shape index (κ2) is 4.79. The van der Waals surface area contributed by atoms with Gasteiger partial charge in [0.05, 0.1) is 11.8 Å². The molecule has 0 spiro atoms. The third-order valence-electron chi connectivity index (χ3n) is 9.23. The Labute approximate surface area is 150 Å². The Balaban J connectivity index is 1.57. The fourth-order valence-corrected chi connectivity index (χ4v) is 7.63. The van der Waals surface area contributed by atoms with E-state index in [0.717, 1.165) is 30.4 Å². The monoisotopic (exact) mass is 341 g/mol. The van der Waals surface area contributed by atoms with Crippen molar-refractivity contribution in [3.05, 3.63) is 23.1 Å². The van der Waals surface area contributed by atoms with Gasteiger partial charge in [-0.25, -0.2) is 0 Å². The number of hydrogen-bond acceptors (Lipinski definition) is 3. The molecule has 1 aromatic heterocycles. The van der Waals surface area contributed by atoms with E-state index in [0.29, 0.717) is 5.92 Å². The Morgan fingerprint density at radius 3 is 2.68 bits per heavy atom. The SMILES string of the molecule is CC1=C2CCC3C(CCC4(C)C3CCC4(C)O)C2(C)Cc2cnoc21. The first-order valence-corrected chi connectivity index (χ1v) is 10.1. The minimum Gasteiger partial charge on any atom is -0.390 e. The van der Waals surface area contributed by atoms with Gasteiger partial charge in [-0.05, 0) is 93.0 Å². The highest BCUT2D eigenvalue weighted by atomic mass is 16.5. The van der Waals surface area contributed by atoms with Gasteiger partial charge in [0.25, 0.3) is 0 Å². The fraction of sp³-hybridized carbons (Fsp3) is 0.773. The smallest absolute Gasteiger partial charge is 0.165 e. The summed E-state index contributed by atoms with van der Waals surface area (Å²) in [5.74, 6) is 3.22. The zero-order valence-electron chi connectivity index (χ0n) is 16.1. The number of allylic oxidation sites excluding steroid dienone is 2. The number of fused-ring (bicyclic) bond motifs is 6. The lowest BCUT2D eigenvalue weighted by Gasteiger charge is -2.59. The van der Waals surface area contributed by atoms with Gasteiger partial charge in [-0.3, -0.25) is 0 Å². The van der Waals surface area contributed by atoms with E-state index in [9.17, 15) is 5.11 Å². The van der Waals surface area contributed by atoms with Crippen LogP contribution in [0, 0.1) is 28.6 Å². The molecule has 3 saturated carbocycles. The second-order valence-electron chi connectivity index (χ2n) is 10.1. The van der Waals surface area contributed by atoms with Crippen molar-refractivity contribution in [2.45, 2.75) is 78.2 Å². The predicted octanol–water partition coefficient (Wildman–Crippen LogP) is 5.00. The van der Waals surface area contributed by atoms with Crippen LogP contribution in [0.5, 0.6) is 0 Å². The van der Waals surface area contributed by atoms with Gasteiger partial charge in [0.1, 0.15) is 0 Å². The molecule has 0 saturated heterocycles. The zero-order valence-corrected chi connectivity index (χ0v) is 16.1. The minimum atomic E-state index is -0.482. The molecule has 1 heterocycles. The molecule has 4 aliphatic carbocycles. The normalized spacial score (nSPS) is 48.6. The predicted molar refractivity (Wildman–Crippen MR) is 97.8 cm³/mol. The fourth-order valence-electron chi connectivity index (χ4n) is 7.63. The van der Waals surface area contributed by atoms with Gasteiger partial charge < -0.3 is 9.63 Å². The third kappa shape index (κ3) is 1.83. The molecule has 1 N–H and O–H groups in total. The summed E-state index contributed by atoms with van der Waals surface area (Å²) in [6.45, 7) is 9.22. The Bertz CT molecular complexity index is 760. The van der Waals surface area contributed by atoms with Gasteiger partial charge in [-0.15, -0.1) is 0 Å². The lowest BCUT2D eigenvalue weighted by Crippen LogP contribution is -2.54. The lowest BCUT2D eigenvalue weighted by atomic mass is 9.46. The first-order valence-electron chi connectivity index (χ1n) is 10.1. The molecule has 6 atom stereocenters. The first-order chi connectivity index (χ1) is 11.8. The van der Waals surface area contributed by atoms with E-state index in [4.69, 9.17) is 4.52 Å². The Kier molecular flexibility index (Phi) is 3.09. The second-order valence-corrected chi connectivity index (χ2v) is 10.1. The van der Waals surface area contributed by atoms with Crippen molar-refractivity contribution < 1.29 is 9.63 Å². The van der Waals surface area contributed by atoms with Gasteiger partial charge in [-0.2, -0.15) is 0 Å². The summed E-state index contributed by atoms with van der Waals surface area (Å²) < 4.78 is 5.57. The summed E-state index contributed by atoms with van der Waals surface area (Å²) in [5, 5.41) is 15.1. The summed E-state index contributed by atoms with van der Waals surface area (Å²) in [5.41, 5.74) is 4.16. The lowest BCUT2D eigenvalue weighted by molar-refractivity contribution is -0.116. The van der Waals surface area contributed by atoms with Crippen LogP contribution in [0.15, 0.2) is 16.3 Å². The molecule has 3 heteroatoms. The first kappa shape index (κ1) is 16.1. The van der Waals surface area contributed by atoms with Gasteiger partial charge in [0, 0.05) is 5.56 Å². The molecule has 1 aromatic rings. The molecular formula is C22H31NO2. The van der Waals surface area contributed by atoms with Crippen LogP contribution >= 0.6 is 0 Å². The summed E-state index contributed by atoms with van der Waals surface area (Å²) in [6, 6.07) is 0. The maximum Gasteiger partial charge on any atom is 0.165 e. The largest absolute Gasteiger partial charge is 0.390 e. The van der Waals surface area contributed by atoms with Crippen LogP contribution in [-0.4, -0.2) is 15.9 Å². The van der Waals surface area contributed by atoms with Crippen LogP contribution in [0.3, 0.4) is 0 Å². The van der Waals surface area contributed by atoms with E-state index in [1.165, 1.54) is 43.2 Å². The van der Waals surface area contributed by atoms with Crippen molar-refractivity contribution in [1.29, 1.82) is 0 Å². The molecule has 0 aliphatic heterocycles. The molecular weight excluding hydrogens is 310 g/mol. The summed E-state index contributed by atoms with van der Waals surface area (Å²) in [4.78, 5) is 0. The standard InChI is InChI=1S/C22H31NO2/c1-13-16-6-5-15-17(20(16,2)11-14-12-23-25-19(13)14)7-9-21(3)18(15)8-10-22(21,4)24/h12,15,17-18,24H,5-11H2,1-4H3. The van der Waals surface area contributed by atoms with Crippen LogP contribution in [0.2, 0.25) is 0 Å². The molecule has 0 aromatic carbocycles. The van der Waals surface area contributed by atoms with E-state index in [1.807, 2.05) is 6.20 Å². The zero-order chi connectivity index (χ0) is 17.6. The van der Waals surface area contributed by atoms with Crippen molar-refractivity contribution in [1.82, 2.24) is 5.16 Å². The average molecular weight is 341 g/mol. The number of hydrogen-bond donors (Lipinski definition) is 1. The van der Waals surface area contributed by atoms with Crippen LogP contribution in [-0.2, 0) is 6.42 Å². The average Bonchev–Trinajstić information content (AvgIpc) is 3.10. The van der Waals surface area contributed by atoms with E-state index in [1.54, 1.807) is 5.57 Å². The van der Waals surface area contributed by atoms with Crippen molar-refractivity contribution >= 4 is 5.57 Å². The molecule has 5 rings (SSSR count). The van der Waals surface area contributed by atoms with Crippen molar-refractivity contribution in [2.24, 2.45) is 28.6 Å². The quantitative estimate of drug-likeness (QED) is 0.722. The summed E-state index contributed by atoms with van der Waals surface area (Å²) in [7, 11) is 0. The highest BCUT2D eigenvalue weighted by Crippen LogP contribution is 2.67. The molecule has 136 valence electrons. The van der Waals surface area contributed by atoms with E-state index in [2.05, 4.69) is 32.9 Å². The number of rotatable bonds is 0. The topological polar surface area (TPSA) is 46.3 Å². The highest BCUT2D eigenvalue weighted by Gasteiger charge is 2.62. The molecule has 25 heavy (non-hydrogen) atoms. The van der Waals surface area contributed by atoms with Crippen LogP contribution in [0.1, 0.15) is 77.5 Å². The number of aromatic nitrogens is 1. The van der Waals surface area contributed by atoms with E-state index >= 15 is 0 Å². The number of nitrogens with zero attached hydrogens (tertiary/aromatic N) is 1. The Morgan fingerprint density at radius 1 is 1.12 bits per heavy atom. The molecule has 6 unspecified atom stereocenters. The van der Waals surface area contributed by atoms with Crippen LogP contribution < -0.4 is 0 Å². The molecule has 0 radical (unpaired) electrons. The van der Waals surface area contributed by atoms with Crippen molar-refractivity contribution in [2.75, 3.05) is 0 Å². The minimum absolute atomic E-state index is 0.109. The van der Waals surface area contributed by atoms with Crippen molar-refractivity contribution in [3.8, 4) is 0 Å². The van der Waals surface area contributed by atoms with Crippen LogP contribution in [0.25, 0.3) is 5.57 Å². The molecule has 4 aliphatic rings. The molecule has 0 bridgehead atoms. The van der Waals surface area contributed by atoms with Gasteiger partial charge in [0.2, 0.25) is 0 Å². The molecule has 0 amide bonds. The van der Waals surface area contributed by atoms with E-state index < -0.39 is 5.60 Å². The van der Waals surface area contributed by atoms with Gasteiger partial charge >= 0.3 is 0 Å². The van der Waals surface area contributed by atoms with Gasteiger partial charge in [-0.1, -0.05) is 24.6 Å². The van der Waals surface area contributed by atoms with Crippen molar-refractivity contribution in [3.63, 3.8) is 0 Å². The Hall–Kier alpha value is -1.09.